The Labute approximate surface area is 156 Å². The Morgan fingerprint density at radius 3 is 2.96 bits per heavy atom. The Balaban J connectivity index is 1.89. The van der Waals surface area contributed by atoms with Gasteiger partial charge in [-0.3, -0.25) is 4.99 Å². The number of nitrogen functional groups attached to an aromatic ring is 1. The number of imidazole rings is 1. The van der Waals surface area contributed by atoms with E-state index in [0.717, 1.165) is 34.7 Å². The second kappa shape index (κ2) is 7.03. The molecule has 4 aromatic heterocycles. The molecule has 0 saturated carbocycles. The number of aliphatic imine (C=N–C) groups is 1. The van der Waals surface area contributed by atoms with Crippen molar-refractivity contribution in [3.63, 3.8) is 0 Å². The van der Waals surface area contributed by atoms with E-state index in [1.807, 2.05) is 42.7 Å². The lowest BCUT2D eigenvalue weighted by atomic mass is 10.1. The molecule has 136 valence electrons. The molecule has 4 rings (SSSR count). The second-order valence-electron chi connectivity index (χ2n) is 6.18. The lowest BCUT2D eigenvalue weighted by molar-refractivity contribution is 0.811. The summed E-state index contributed by atoms with van der Waals surface area (Å²) in [6, 6.07) is 8.34. The Bertz CT molecular complexity index is 1160. The van der Waals surface area contributed by atoms with E-state index < -0.39 is 0 Å². The van der Waals surface area contributed by atoms with Crippen molar-refractivity contribution in [1.82, 2.24) is 23.9 Å². The fourth-order valence-electron chi connectivity index (χ4n) is 3.32. The first-order valence-corrected chi connectivity index (χ1v) is 8.90. The summed E-state index contributed by atoms with van der Waals surface area (Å²) in [4.78, 5) is 17.5. The van der Waals surface area contributed by atoms with Gasteiger partial charge < -0.3 is 14.7 Å². The number of hydrogen-bond donors (Lipinski definition) is 1. The highest BCUT2D eigenvalue weighted by Gasteiger charge is 2.16. The molecule has 0 aliphatic rings. The monoisotopic (exact) mass is 359 g/mol. The second-order valence-corrected chi connectivity index (χ2v) is 6.18. The normalized spacial score (nSPS) is 12.6. The van der Waals surface area contributed by atoms with Crippen LogP contribution in [0.4, 0.5) is 5.82 Å². The van der Waals surface area contributed by atoms with Crippen molar-refractivity contribution in [2.45, 2.75) is 20.4 Å². The lowest BCUT2D eigenvalue weighted by Crippen LogP contribution is -2.09. The molecule has 0 amide bonds. The molecule has 0 fully saturated rings. The van der Waals surface area contributed by atoms with Gasteiger partial charge in [0.2, 0.25) is 0 Å². The maximum atomic E-state index is 5.92. The summed E-state index contributed by atoms with van der Waals surface area (Å²) in [5.74, 6) is 0.392. The van der Waals surface area contributed by atoms with Gasteiger partial charge in [-0.05, 0) is 38.1 Å². The van der Waals surface area contributed by atoms with Crippen LogP contribution < -0.4 is 5.73 Å². The highest BCUT2D eigenvalue weighted by atomic mass is 15.1. The largest absolute Gasteiger partial charge is 0.382 e. The maximum absolute atomic E-state index is 5.92. The molecule has 0 atom stereocenters. The Kier molecular flexibility index (Phi) is 4.42. The third-order valence-electron chi connectivity index (χ3n) is 4.42. The molecule has 4 aromatic rings. The molecule has 2 N–H and O–H groups in total. The van der Waals surface area contributed by atoms with Crippen LogP contribution in [0.15, 0.2) is 60.3 Å². The zero-order valence-electron chi connectivity index (χ0n) is 15.4. The van der Waals surface area contributed by atoms with Gasteiger partial charge in [-0.15, -0.1) is 0 Å². The number of fused-ring (bicyclic) bond motifs is 2. The van der Waals surface area contributed by atoms with Crippen LogP contribution in [0.5, 0.6) is 0 Å². The van der Waals surface area contributed by atoms with Crippen LogP contribution >= 0.6 is 0 Å². The van der Waals surface area contributed by atoms with E-state index in [1.165, 1.54) is 6.33 Å². The van der Waals surface area contributed by atoms with Gasteiger partial charge in [0.15, 0.2) is 11.5 Å². The average molecular weight is 359 g/mol. The SMILES string of the molecule is C/C=C\C(=NCC)c1c(Cn2cnc3c(N)ncnc32)cc2ccccn12. The highest BCUT2D eigenvalue weighted by Crippen LogP contribution is 2.22. The first-order chi connectivity index (χ1) is 13.2. The summed E-state index contributed by atoms with van der Waals surface area (Å²) < 4.78 is 4.16. The van der Waals surface area contributed by atoms with Gasteiger partial charge in [0.25, 0.3) is 0 Å². The van der Waals surface area contributed by atoms with Crippen LogP contribution in [0.2, 0.25) is 0 Å². The van der Waals surface area contributed by atoms with Crippen LogP contribution in [0.25, 0.3) is 16.7 Å². The number of nitrogens with two attached hydrogens (primary N) is 1. The molecule has 0 spiro atoms. The fraction of sp³-hybridized carbons (Fsp3) is 0.200. The topological polar surface area (TPSA) is 86.4 Å². The predicted molar refractivity (Wildman–Crippen MR) is 108 cm³/mol. The Hall–Kier alpha value is -3.48. The van der Waals surface area contributed by atoms with Crippen LogP contribution in [-0.4, -0.2) is 36.2 Å². The van der Waals surface area contributed by atoms with E-state index in [0.29, 0.717) is 17.9 Å². The molecule has 7 heteroatoms. The van der Waals surface area contributed by atoms with Gasteiger partial charge in [-0.2, -0.15) is 0 Å². The molecule has 0 unspecified atom stereocenters. The van der Waals surface area contributed by atoms with Crippen molar-refractivity contribution >= 4 is 28.2 Å². The molecule has 0 radical (unpaired) electrons. The molecular weight excluding hydrogens is 338 g/mol. The number of pyridine rings is 1. The summed E-state index contributed by atoms with van der Waals surface area (Å²) in [5.41, 5.74) is 11.6. The zero-order chi connectivity index (χ0) is 18.8. The molecule has 0 aromatic carbocycles. The van der Waals surface area contributed by atoms with Crippen LogP contribution in [-0.2, 0) is 6.54 Å². The van der Waals surface area contributed by atoms with Crippen molar-refractivity contribution in [2.75, 3.05) is 12.3 Å². The van der Waals surface area contributed by atoms with Gasteiger partial charge in [-0.1, -0.05) is 12.1 Å². The van der Waals surface area contributed by atoms with Crippen LogP contribution in [0, 0.1) is 0 Å². The van der Waals surface area contributed by atoms with Crippen molar-refractivity contribution in [3.8, 4) is 0 Å². The lowest BCUT2D eigenvalue weighted by Gasteiger charge is -2.09. The van der Waals surface area contributed by atoms with Crippen LogP contribution in [0.3, 0.4) is 0 Å². The quantitative estimate of drug-likeness (QED) is 0.555. The fourth-order valence-corrected chi connectivity index (χ4v) is 3.32. The number of rotatable bonds is 5. The van der Waals surface area contributed by atoms with E-state index in [2.05, 4.69) is 37.7 Å². The maximum Gasteiger partial charge on any atom is 0.165 e. The molecule has 4 heterocycles. The van der Waals surface area contributed by atoms with Gasteiger partial charge in [0.05, 0.1) is 24.3 Å². The number of anilines is 1. The van der Waals surface area contributed by atoms with Gasteiger partial charge in [0, 0.05) is 23.8 Å². The predicted octanol–water partition coefficient (Wildman–Crippen LogP) is 3.09. The first-order valence-electron chi connectivity index (χ1n) is 8.90. The Morgan fingerprint density at radius 1 is 1.26 bits per heavy atom. The molecule has 0 bridgehead atoms. The van der Waals surface area contributed by atoms with Gasteiger partial charge in [0.1, 0.15) is 11.8 Å². The van der Waals surface area contributed by atoms with Crippen LogP contribution in [0.1, 0.15) is 25.1 Å². The molecule has 0 saturated heterocycles. The average Bonchev–Trinajstić information content (AvgIpc) is 3.24. The summed E-state index contributed by atoms with van der Waals surface area (Å²) in [6.45, 7) is 5.38. The van der Waals surface area contributed by atoms with E-state index in [1.54, 1.807) is 6.33 Å². The third-order valence-corrected chi connectivity index (χ3v) is 4.42. The van der Waals surface area contributed by atoms with Crippen molar-refractivity contribution in [2.24, 2.45) is 4.99 Å². The third kappa shape index (κ3) is 2.97. The van der Waals surface area contributed by atoms with Crippen molar-refractivity contribution in [1.29, 1.82) is 0 Å². The summed E-state index contributed by atoms with van der Waals surface area (Å²) >= 11 is 0. The molecule has 0 aliphatic heterocycles. The first kappa shape index (κ1) is 17.0. The van der Waals surface area contributed by atoms with E-state index in [4.69, 9.17) is 10.7 Å². The van der Waals surface area contributed by atoms with E-state index >= 15 is 0 Å². The highest BCUT2D eigenvalue weighted by molar-refractivity contribution is 6.09. The molecular formula is C20H21N7. The number of hydrogen-bond acceptors (Lipinski definition) is 5. The smallest absolute Gasteiger partial charge is 0.165 e. The summed E-state index contributed by atoms with van der Waals surface area (Å²) in [7, 11) is 0. The minimum atomic E-state index is 0.392. The van der Waals surface area contributed by atoms with E-state index in [9.17, 15) is 0 Å². The number of nitrogens with zero attached hydrogens (tertiary/aromatic N) is 6. The molecule has 0 aliphatic carbocycles. The Morgan fingerprint density at radius 2 is 2.15 bits per heavy atom. The van der Waals surface area contributed by atoms with Gasteiger partial charge in [-0.25, -0.2) is 15.0 Å². The minimum absolute atomic E-state index is 0.392. The molecule has 27 heavy (non-hydrogen) atoms. The van der Waals surface area contributed by atoms with Crippen molar-refractivity contribution < 1.29 is 0 Å². The minimum Gasteiger partial charge on any atom is -0.382 e. The zero-order valence-corrected chi connectivity index (χ0v) is 15.4. The number of aromatic nitrogens is 5. The summed E-state index contributed by atoms with van der Waals surface area (Å²) in [5, 5.41) is 0. The van der Waals surface area contributed by atoms with Crippen molar-refractivity contribution in [3.05, 3.63) is 66.5 Å². The van der Waals surface area contributed by atoms with Gasteiger partial charge >= 0.3 is 0 Å². The molecule has 7 nitrogen and oxygen atoms in total. The van der Waals surface area contributed by atoms with E-state index in [-0.39, 0.29) is 0 Å². The summed E-state index contributed by atoms with van der Waals surface area (Å²) in [6.07, 6.45) is 9.36. The standard InChI is InChI=1S/C20H21N7/c1-3-7-16(22-4-2)18-14(10-15-8-5-6-9-27(15)18)11-26-13-25-17-19(21)23-12-24-20(17)26/h3,5-10,12-13H,4,11H2,1-2H3,(H2,21,23,24)/b7-3-,22-16?. The number of allylic oxidation sites excluding steroid dienone is 2.